The first-order valence-electron chi connectivity index (χ1n) is 7.08. The number of benzene rings is 1. The minimum Gasteiger partial charge on any atom is -0.384 e. The molecule has 1 heterocycles. The van der Waals surface area contributed by atoms with Crippen molar-refractivity contribution < 1.29 is 0 Å². The van der Waals surface area contributed by atoms with E-state index in [1.165, 1.54) is 0 Å². The van der Waals surface area contributed by atoms with Crippen LogP contribution in [-0.2, 0) is 0 Å². The van der Waals surface area contributed by atoms with Gasteiger partial charge >= 0.3 is 0 Å². The summed E-state index contributed by atoms with van der Waals surface area (Å²) in [7, 11) is 2.06. The van der Waals surface area contributed by atoms with Crippen LogP contribution in [0.1, 0.15) is 26.7 Å². The maximum absolute atomic E-state index is 5.94. The van der Waals surface area contributed by atoms with Gasteiger partial charge in [-0.3, -0.25) is 0 Å². The van der Waals surface area contributed by atoms with Crippen molar-refractivity contribution in [2.24, 2.45) is 0 Å². The zero-order chi connectivity index (χ0) is 14.5. The van der Waals surface area contributed by atoms with Gasteiger partial charge in [-0.25, -0.2) is 9.97 Å². The summed E-state index contributed by atoms with van der Waals surface area (Å²) >= 11 is 0. The second-order valence-electron chi connectivity index (χ2n) is 4.92. The van der Waals surface area contributed by atoms with E-state index in [0.29, 0.717) is 17.7 Å². The Hall–Kier alpha value is -2.10. The van der Waals surface area contributed by atoms with E-state index in [2.05, 4.69) is 35.8 Å². The average molecular weight is 270 g/mol. The van der Waals surface area contributed by atoms with Crippen LogP contribution >= 0.6 is 0 Å². The van der Waals surface area contributed by atoms with Gasteiger partial charge in [0.25, 0.3) is 0 Å². The maximum Gasteiger partial charge on any atom is 0.163 e. The Kier molecular flexibility index (Phi) is 4.56. The first-order chi connectivity index (χ1) is 9.65. The van der Waals surface area contributed by atoms with Gasteiger partial charge in [0.15, 0.2) is 5.82 Å². The van der Waals surface area contributed by atoms with Gasteiger partial charge in [0.05, 0.1) is 0 Å². The lowest BCUT2D eigenvalue weighted by Gasteiger charge is -2.27. The van der Waals surface area contributed by atoms with Gasteiger partial charge in [0.2, 0.25) is 0 Å². The quantitative estimate of drug-likeness (QED) is 0.905. The Balaban J connectivity index is 2.39. The van der Waals surface area contributed by atoms with Crippen molar-refractivity contribution in [2.75, 3.05) is 17.7 Å². The molecule has 0 spiro atoms. The molecule has 0 saturated carbocycles. The van der Waals surface area contributed by atoms with E-state index >= 15 is 0 Å². The Morgan fingerprint density at radius 3 is 2.35 bits per heavy atom. The molecule has 20 heavy (non-hydrogen) atoms. The molecule has 0 bridgehead atoms. The largest absolute Gasteiger partial charge is 0.384 e. The van der Waals surface area contributed by atoms with Gasteiger partial charge < -0.3 is 10.6 Å². The molecule has 0 fully saturated rings. The highest BCUT2D eigenvalue weighted by Crippen LogP contribution is 2.22. The number of hydrogen-bond donors (Lipinski definition) is 1. The first-order valence-corrected chi connectivity index (χ1v) is 7.08. The van der Waals surface area contributed by atoms with Crippen LogP contribution in [0, 0.1) is 0 Å². The number of aromatic nitrogens is 2. The van der Waals surface area contributed by atoms with Crippen molar-refractivity contribution in [1.29, 1.82) is 0 Å². The van der Waals surface area contributed by atoms with Crippen molar-refractivity contribution >= 4 is 11.6 Å². The summed E-state index contributed by atoms with van der Waals surface area (Å²) in [5, 5.41) is 0. The number of anilines is 2. The fourth-order valence-electron chi connectivity index (χ4n) is 2.37. The predicted octanol–water partition coefficient (Wildman–Crippen LogP) is 3.35. The fourth-order valence-corrected chi connectivity index (χ4v) is 2.37. The molecule has 0 saturated heterocycles. The Morgan fingerprint density at radius 1 is 1.10 bits per heavy atom. The fraction of sp³-hybridized carbons (Fsp3) is 0.375. The van der Waals surface area contributed by atoms with Crippen LogP contribution in [0.25, 0.3) is 11.4 Å². The van der Waals surface area contributed by atoms with Gasteiger partial charge in [-0.2, -0.15) is 0 Å². The third kappa shape index (κ3) is 3.07. The summed E-state index contributed by atoms with van der Waals surface area (Å²) in [6, 6.07) is 12.2. The van der Waals surface area contributed by atoms with E-state index in [1.807, 2.05) is 36.4 Å². The van der Waals surface area contributed by atoms with Crippen LogP contribution in [0.4, 0.5) is 11.6 Å². The maximum atomic E-state index is 5.94. The molecule has 0 aliphatic heterocycles. The molecule has 0 unspecified atom stereocenters. The number of rotatable bonds is 5. The zero-order valence-corrected chi connectivity index (χ0v) is 12.4. The summed E-state index contributed by atoms with van der Waals surface area (Å²) in [6.07, 6.45) is 2.16. The van der Waals surface area contributed by atoms with Crippen molar-refractivity contribution in [3.8, 4) is 11.4 Å². The molecule has 2 rings (SSSR count). The molecule has 1 aromatic heterocycles. The molecule has 2 aromatic rings. The van der Waals surface area contributed by atoms with Crippen LogP contribution in [-0.4, -0.2) is 23.1 Å². The van der Waals surface area contributed by atoms with Gasteiger partial charge in [-0.1, -0.05) is 44.2 Å². The molecular weight excluding hydrogens is 248 g/mol. The van der Waals surface area contributed by atoms with E-state index in [4.69, 9.17) is 5.73 Å². The van der Waals surface area contributed by atoms with Gasteiger partial charge in [-0.05, 0) is 12.8 Å². The smallest absolute Gasteiger partial charge is 0.163 e. The standard InChI is InChI=1S/C16H22N4/c1-4-13(5-2)20(3)15-11-14(17)18-16(19-15)12-9-7-6-8-10-12/h6-11,13H,4-5H2,1-3H3,(H2,17,18,19). The molecular formula is C16H22N4. The lowest BCUT2D eigenvalue weighted by atomic mass is 10.1. The summed E-state index contributed by atoms with van der Waals surface area (Å²) in [4.78, 5) is 11.2. The van der Waals surface area contributed by atoms with Crippen molar-refractivity contribution in [2.45, 2.75) is 32.7 Å². The van der Waals surface area contributed by atoms with E-state index in [-0.39, 0.29) is 0 Å². The molecule has 2 N–H and O–H groups in total. The number of nitrogens with zero attached hydrogens (tertiary/aromatic N) is 3. The summed E-state index contributed by atoms with van der Waals surface area (Å²) in [6.45, 7) is 4.38. The number of hydrogen-bond acceptors (Lipinski definition) is 4. The number of nitrogen functional groups attached to an aromatic ring is 1. The molecule has 0 aliphatic carbocycles. The van der Waals surface area contributed by atoms with Gasteiger partial charge in [0.1, 0.15) is 11.6 Å². The monoisotopic (exact) mass is 270 g/mol. The van der Waals surface area contributed by atoms with Crippen LogP contribution < -0.4 is 10.6 Å². The number of nitrogens with two attached hydrogens (primary N) is 1. The Labute approximate surface area is 120 Å². The topological polar surface area (TPSA) is 55.0 Å². The average Bonchev–Trinajstić information content (AvgIpc) is 2.48. The zero-order valence-electron chi connectivity index (χ0n) is 12.4. The van der Waals surface area contributed by atoms with E-state index < -0.39 is 0 Å². The molecule has 4 heteroatoms. The van der Waals surface area contributed by atoms with Crippen LogP contribution in [0.5, 0.6) is 0 Å². The van der Waals surface area contributed by atoms with Crippen molar-refractivity contribution in [1.82, 2.24) is 9.97 Å². The predicted molar refractivity (Wildman–Crippen MR) is 84.7 cm³/mol. The minimum absolute atomic E-state index is 0.466. The van der Waals surface area contributed by atoms with Gasteiger partial charge in [0, 0.05) is 24.7 Å². The Morgan fingerprint density at radius 2 is 1.75 bits per heavy atom. The van der Waals surface area contributed by atoms with Gasteiger partial charge in [-0.15, -0.1) is 0 Å². The summed E-state index contributed by atoms with van der Waals surface area (Å²) < 4.78 is 0. The Bertz CT molecular complexity index is 550. The van der Waals surface area contributed by atoms with E-state index in [9.17, 15) is 0 Å². The molecule has 0 radical (unpaired) electrons. The van der Waals surface area contributed by atoms with Crippen molar-refractivity contribution in [3.63, 3.8) is 0 Å². The molecule has 0 aliphatic rings. The third-order valence-corrected chi connectivity index (χ3v) is 3.62. The summed E-state index contributed by atoms with van der Waals surface area (Å²) in [5.41, 5.74) is 6.93. The highest BCUT2D eigenvalue weighted by Gasteiger charge is 2.14. The van der Waals surface area contributed by atoms with Crippen LogP contribution in [0.3, 0.4) is 0 Å². The highest BCUT2D eigenvalue weighted by atomic mass is 15.2. The second-order valence-corrected chi connectivity index (χ2v) is 4.92. The highest BCUT2D eigenvalue weighted by molar-refractivity contribution is 5.60. The minimum atomic E-state index is 0.466. The van der Waals surface area contributed by atoms with Crippen molar-refractivity contribution in [3.05, 3.63) is 36.4 Å². The SMILES string of the molecule is CCC(CC)N(C)c1cc(N)nc(-c2ccccc2)n1. The molecule has 0 amide bonds. The molecule has 1 aromatic carbocycles. The molecule has 106 valence electrons. The molecule has 0 atom stereocenters. The normalized spacial score (nSPS) is 10.8. The van der Waals surface area contributed by atoms with E-state index in [0.717, 1.165) is 24.2 Å². The summed E-state index contributed by atoms with van der Waals surface area (Å²) in [5.74, 6) is 2.06. The molecule has 4 nitrogen and oxygen atoms in total. The first kappa shape index (κ1) is 14.3. The van der Waals surface area contributed by atoms with Crippen LogP contribution in [0.15, 0.2) is 36.4 Å². The van der Waals surface area contributed by atoms with Crippen LogP contribution in [0.2, 0.25) is 0 Å². The lowest BCUT2D eigenvalue weighted by molar-refractivity contribution is 0.586. The lowest BCUT2D eigenvalue weighted by Crippen LogP contribution is -2.31. The second kappa shape index (κ2) is 6.37. The van der Waals surface area contributed by atoms with E-state index in [1.54, 1.807) is 0 Å². The third-order valence-electron chi connectivity index (χ3n) is 3.62.